The molecule has 1 N–H and O–H groups in total. The van der Waals surface area contributed by atoms with Crippen molar-refractivity contribution in [3.63, 3.8) is 0 Å². The summed E-state index contributed by atoms with van der Waals surface area (Å²) in [5.41, 5.74) is 1.98. The van der Waals surface area contributed by atoms with E-state index in [1.54, 1.807) is 24.5 Å². The monoisotopic (exact) mass is 339 g/mol. The lowest BCUT2D eigenvalue weighted by Gasteiger charge is -2.24. The van der Waals surface area contributed by atoms with Crippen molar-refractivity contribution >= 4 is 46.2 Å². The van der Waals surface area contributed by atoms with Gasteiger partial charge in [-0.05, 0) is 55.0 Å². The van der Waals surface area contributed by atoms with Gasteiger partial charge in [-0.15, -0.1) is 0 Å². The van der Waals surface area contributed by atoms with Crippen molar-refractivity contribution < 1.29 is 0 Å². The lowest BCUT2D eigenvalue weighted by molar-refractivity contribution is 0.442. The zero-order chi connectivity index (χ0) is 15.2. The van der Waals surface area contributed by atoms with Gasteiger partial charge in [0.25, 0.3) is 0 Å². The quantitative estimate of drug-likeness (QED) is 0.823. The topological polar surface area (TPSA) is 28.2 Å². The summed E-state index contributed by atoms with van der Waals surface area (Å²) in [7, 11) is 0. The third-order valence-corrected chi connectivity index (χ3v) is 4.06. The number of halogens is 2. The molecule has 0 unspecified atom stereocenters. The zero-order valence-corrected chi connectivity index (χ0v) is 13.8. The second kappa shape index (κ2) is 7.59. The van der Waals surface area contributed by atoms with Crippen molar-refractivity contribution in [2.24, 2.45) is 0 Å². The number of hydrogen-bond acceptors (Lipinski definition) is 2. The first kappa shape index (κ1) is 16.0. The van der Waals surface area contributed by atoms with E-state index in [9.17, 15) is 0 Å². The molecule has 0 radical (unpaired) electrons. The van der Waals surface area contributed by atoms with Gasteiger partial charge in [0.15, 0.2) is 5.11 Å². The lowest BCUT2D eigenvalue weighted by atomic mass is 10.2. The standard InChI is InChI=1S/C15H15Cl2N3S/c1-2-20(10-11-5-7-18-8-6-11)15(21)19-12-3-4-13(16)14(17)9-12/h3-9H,2,10H2,1H3,(H,19,21). The van der Waals surface area contributed by atoms with Crippen LogP contribution in [0.15, 0.2) is 42.7 Å². The first-order valence-electron chi connectivity index (χ1n) is 6.50. The highest BCUT2D eigenvalue weighted by molar-refractivity contribution is 7.80. The van der Waals surface area contributed by atoms with Crippen molar-refractivity contribution in [3.05, 3.63) is 58.3 Å². The Morgan fingerprint density at radius 1 is 1.19 bits per heavy atom. The van der Waals surface area contributed by atoms with E-state index >= 15 is 0 Å². The Labute approximate surface area is 139 Å². The minimum absolute atomic E-state index is 0.502. The molecule has 0 amide bonds. The maximum absolute atomic E-state index is 6.00. The number of hydrogen-bond donors (Lipinski definition) is 1. The predicted octanol–water partition coefficient (Wildman–Crippen LogP) is 4.61. The maximum atomic E-state index is 6.00. The van der Waals surface area contributed by atoms with Crippen LogP contribution < -0.4 is 5.32 Å². The summed E-state index contributed by atoms with van der Waals surface area (Å²) in [4.78, 5) is 6.08. The molecule has 0 aliphatic heterocycles. The van der Waals surface area contributed by atoms with Crippen LogP contribution in [-0.4, -0.2) is 21.5 Å². The van der Waals surface area contributed by atoms with E-state index in [-0.39, 0.29) is 0 Å². The van der Waals surface area contributed by atoms with Crippen LogP contribution in [0.5, 0.6) is 0 Å². The van der Waals surface area contributed by atoms with Gasteiger partial charge in [0.1, 0.15) is 0 Å². The molecule has 0 saturated carbocycles. The van der Waals surface area contributed by atoms with Crippen LogP contribution >= 0.6 is 35.4 Å². The maximum Gasteiger partial charge on any atom is 0.173 e. The molecule has 1 aromatic carbocycles. The van der Waals surface area contributed by atoms with Crippen molar-refractivity contribution in [3.8, 4) is 0 Å². The summed E-state index contributed by atoms with van der Waals surface area (Å²) in [6.07, 6.45) is 3.55. The van der Waals surface area contributed by atoms with Crippen LogP contribution in [-0.2, 0) is 6.54 Å². The molecule has 3 nitrogen and oxygen atoms in total. The minimum Gasteiger partial charge on any atom is -0.345 e. The average molecular weight is 340 g/mol. The third kappa shape index (κ3) is 4.56. The second-order valence-electron chi connectivity index (χ2n) is 4.43. The summed E-state index contributed by atoms with van der Waals surface area (Å²) in [5.74, 6) is 0. The number of rotatable bonds is 4. The largest absolute Gasteiger partial charge is 0.345 e. The van der Waals surface area contributed by atoms with Gasteiger partial charge in [-0.1, -0.05) is 23.2 Å². The van der Waals surface area contributed by atoms with Crippen LogP contribution in [0.25, 0.3) is 0 Å². The van der Waals surface area contributed by atoms with Crippen molar-refractivity contribution in [2.75, 3.05) is 11.9 Å². The fourth-order valence-corrected chi connectivity index (χ4v) is 2.42. The van der Waals surface area contributed by atoms with E-state index in [0.29, 0.717) is 15.2 Å². The van der Waals surface area contributed by atoms with Crippen LogP contribution in [0.3, 0.4) is 0 Å². The molecule has 0 spiro atoms. The van der Waals surface area contributed by atoms with Gasteiger partial charge in [0.2, 0.25) is 0 Å². The van der Waals surface area contributed by atoms with Crippen molar-refractivity contribution in [2.45, 2.75) is 13.5 Å². The summed E-state index contributed by atoms with van der Waals surface area (Å²) >= 11 is 17.4. The predicted molar refractivity (Wildman–Crippen MR) is 93.0 cm³/mol. The highest BCUT2D eigenvalue weighted by Gasteiger charge is 2.09. The van der Waals surface area contributed by atoms with Gasteiger partial charge >= 0.3 is 0 Å². The zero-order valence-electron chi connectivity index (χ0n) is 11.5. The summed E-state index contributed by atoms with van der Waals surface area (Å²) < 4.78 is 0. The highest BCUT2D eigenvalue weighted by atomic mass is 35.5. The van der Waals surface area contributed by atoms with Crippen LogP contribution in [0.2, 0.25) is 10.0 Å². The molecular formula is C15H15Cl2N3S. The molecule has 110 valence electrons. The first-order chi connectivity index (χ1) is 10.1. The number of anilines is 1. The van der Waals surface area contributed by atoms with E-state index in [2.05, 4.69) is 22.1 Å². The number of nitrogens with zero attached hydrogens (tertiary/aromatic N) is 2. The van der Waals surface area contributed by atoms with Gasteiger partial charge in [-0.25, -0.2) is 0 Å². The molecule has 0 aliphatic rings. The minimum atomic E-state index is 0.502. The molecule has 2 aromatic rings. The van der Waals surface area contributed by atoms with E-state index < -0.39 is 0 Å². The van der Waals surface area contributed by atoms with Crippen LogP contribution in [0.1, 0.15) is 12.5 Å². The normalized spacial score (nSPS) is 10.2. The molecule has 21 heavy (non-hydrogen) atoms. The molecule has 0 saturated heterocycles. The lowest BCUT2D eigenvalue weighted by Crippen LogP contribution is -2.34. The van der Waals surface area contributed by atoms with Crippen LogP contribution in [0.4, 0.5) is 5.69 Å². The molecule has 0 aliphatic carbocycles. The number of thiocarbonyl (C=S) groups is 1. The number of nitrogens with one attached hydrogen (secondary N) is 1. The second-order valence-corrected chi connectivity index (χ2v) is 5.63. The Hall–Kier alpha value is -1.36. The number of pyridine rings is 1. The van der Waals surface area contributed by atoms with E-state index in [0.717, 1.165) is 24.3 Å². The molecule has 0 atom stereocenters. The molecule has 1 heterocycles. The summed E-state index contributed by atoms with van der Waals surface area (Å²) in [6, 6.07) is 9.31. The fraction of sp³-hybridized carbons (Fsp3) is 0.200. The Bertz CT molecular complexity index is 620. The number of aromatic nitrogens is 1. The van der Waals surface area contributed by atoms with Crippen molar-refractivity contribution in [1.82, 2.24) is 9.88 Å². The van der Waals surface area contributed by atoms with Crippen molar-refractivity contribution in [1.29, 1.82) is 0 Å². The number of benzene rings is 1. The van der Waals surface area contributed by atoms with Gasteiger partial charge in [0.05, 0.1) is 10.0 Å². The Balaban J connectivity index is 2.04. The molecule has 6 heteroatoms. The molecule has 1 aromatic heterocycles. The van der Waals surface area contributed by atoms with Gasteiger partial charge in [0, 0.05) is 31.2 Å². The van der Waals surface area contributed by atoms with Gasteiger partial charge in [-0.3, -0.25) is 4.98 Å². The highest BCUT2D eigenvalue weighted by Crippen LogP contribution is 2.25. The van der Waals surface area contributed by atoms with Crippen LogP contribution in [0, 0.1) is 0 Å². The van der Waals surface area contributed by atoms with E-state index in [4.69, 9.17) is 35.4 Å². The molecule has 2 rings (SSSR count). The molecule has 0 bridgehead atoms. The smallest absolute Gasteiger partial charge is 0.173 e. The Morgan fingerprint density at radius 2 is 1.90 bits per heavy atom. The summed E-state index contributed by atoms with van der Waals surface area (Å²) in [5, 5.41) is 4.85. The Morgan fingerprint density at radius 3 is 2.52 bits per heavy atom. The third-order valence-electron chi connectivity index (χ3n) is 2.96. The van der Waals surface area contributed by atoms with E-state index in [1.807, 2.05) is 18.2 Å². The SMILES string of the molecule is CCN(Cc1ccncc1)C(=S)Nc1ccc(Cl)c(Cl)c1. The van der Waals surface area contributed by atoms with Gasteiger partial charge < -0.3 is 10.2 Å². The fourth-order valence-electron chi connectivity index (χ4n) is 1.81. The summed E-state index contributed by atoms with van der Waals surface area (Å²) in [6.45, 7) is 3.59. The first-order valence-corrected chi connectivity index (χ1v) is 7.66. The van der Waals surface area contributed by atoms with E-state index in [1.165, 1.54) is 0 Å². The average Bonchev–Trinajstić information content (AvgIpc) is 2.49. The van der Waals surface area contributed by atoms with Gasteiger partial charge in [-0.2, -0.15) is 0 Å². The Kier molecular flexibility index (Phi) is 5.79. The molecular weight excluding hydrogens is 325 g/mol. The molecule has 0 fully saturated rings.